The molecule has 4 rings (SSSR count). The molecule has 1 aliphatic rings. The number of carbonyl (C=O) groups is 1. The zero-order valence-corrected chi connectivity index (χ0v) is 18.3. The molecule has 1 saturated carbocycles. The molecular formula is C25H29N3O3. The van der Waals surface area contributed by atoms with Crippen molar-refractivity contribution in [3.63, 3.8) is 0 Å². The molecule has 0 bridgehead atoms. The number of nitrogens with one attached hydrogen (secondary N) is 1. The van der Waals surface area contributed by atoms with Gasteiger partial charge in [-0.1, -0.05) is 38.1 Å². The molecule has 1 heterocycles. The van der Waals surface area contributed by atoms with Gasteiger partial charge in [0.25, 0.3) is 0 Å². The molecule has 1 aliphatic carbocycles. The number of rotatable bonds is 5. The minimum absolute atomic E-state index is 0.138. The molecule has 3 aromatic rings. The number of carboxylic acid groups (broad SMARTS) is 1. The number of benzene rings is 2. The lowest BCUT2D eigenvalue weighted by atomic mass is 9.82. The maximum Gasteiger partial charge on any atom is 0.306 e. The second-order valence-electron chi connectivity index (χ2n) is 9.37. The number of carboxylic acids is 1. The smallest absolute Gasteiger partial charge is 0.306 e. The van der Waals surface area contributed by atoms with Gasteiger partial charge in [0.15, 0.2) is 0 Å². The van der Waals surface area contributed by atoms with Crippen molar-refractivity contribution in [1.82, 2.24) is 10.1 Å². The van der Waals surface area contributed by atoms with Gasteiger partial charge < -0.3 is 14.9 Å². The van der Waals surface area contributed by atoms with Crippen molar-refractivity contribution in [3.8, 4) is 11.4 Å². The molecule has 0 spiro atoms. The lowest BCUT2D eigenvalue weighted by molar-refractivity contribution is -0.142. The summed E-state index contributed by atoms with van der Waals surface area (Å²) in [7, 11) is 0. The molecule has 2 aromatic carbocycles. The van der Waals surface area contributed by atoms with Gasteiger partial charge in [-0.15, -0.1) is 0 Å². The maximum atomic E-state index is 11.1. The average molecular weight is 420 g/mol. The monoisotopic (exact) mass is 419 g/mol. The van der Waals surface area contributed by atoms with E-state index in [4.69, 9.17) is 9.63 Å². The quantitative estimate of drug-likeness (QED) is 0.517. The maximum absolute atomic E-state index is 11.1. The average Bonchev–Trinajstić information content (AvgIpc) is 3.24. The van der Waals surface area contributed by atoms with E-state index in [1.165, 1.54) is 5.56 Å². The van der Waals surface area contributed by atoms with Crippen molar-refractivity contribution in [2.24, 2.45) is 5.92 Å². The van der Waals surface area contributed by atoms with Crippen LogP contribution in [0.4, 0.5) is 11.4 Å². The Bertz CT molecular complexity index is 1030. The van der Waals surface area contributed by atoms with Crippen molar-refractivity contribution in [1.29, 1.82) is 0 Å². The first kappa shape index (κ1) is 21.1. The van der Waals surface area contributed by atoms with Crippen LogP contribution in [0, 0.1) is 5.92 Å². The van der Waals surface area contributed by atoms with E-state index in [9.17, 15) is 4.79 Å². The zero-order valence-electron chi connectivity index (χ0n) is 18.3. The molecule has 0 radical (unpaired) electrons. The Hall–Kier alpha value is -3.15. The Morgan fingerprint density at radius 2 is 1.55 bits per heavy atom. The largest absolute Gasteiger partial charge is 0.481 e. The third-order valence-corrected chi connectivity index (χ3v) is 6.05. The summed E-state index contributed by atoms with van der Waals surface area (Å²) in [6, 6.07) is 16.5. The summed E-state index contributed by atoms with van der Waals surface area (Å²) in [6.07, 6.45) is 2.87. The highest BCUT2D eigenvalue weighted by Gasteiger charge is 2.29. The number of nitrogens with zero attached hydrogens (tertiary/aromatic N) is 2. The van der Waals surface area contributed by atoms with E-state index in [-0.39, 0.29) is 17.3 Å². The van der Waals surface area contributed by atoms with E-state index in [0.29, 0.717) is 24.6 Å². The standard InChI is InChI=1S/C25H29N3O3/c1-25(2,3)19-10-14-21(15-11-19)26-20-12-8-16(9-13-20)22-27-23(31-28-22)17-4-6-18(7-5-17)24(29)30/h8-15,17-18,26H,4-7H2,1-3H3,(H,29,30). The topological polar surface area (TPSA) is 88.2 Å². The van der Waals surface area contributed by atoms with E-state index in [1.807, 2.05) is 24.3 Å². The fourth-order valence-corrected chi connectivity index (χ4v) is 4.03. The van der Waals surface area contributed by atoms with Gasteiger partial charge >= 0.3 is 5.97 Å². The van der Waals surface area contributed by atoms with E-state index in [2.05, 4.69) is 60.5 Å². The van der Waals surface area contributed by atoms with Crippen molar-refractivity contribution in [2.75, 3.05) is 5.32 Å². The van der Waals surface area contributed by atoms with Crippen LogP contribution in [0.3, 0.4) is 0 Å². The van der Waals surface area contributed by atoms with E-state index < -0.39 is 5.97 Å². The summed E-state index contributed by atoms with van der Waals surface area (Å²) in [5, 5.41) is 16.7. The Morgan fingerprint density at radius 1 is 0.968 bits per heavy atom. The van der Waals surface area contributed by atoms with Crippen LogP contribution in [-0.4, -0.2) is 21.2 Å². The molecule has 31 heavy (non-hydrogen) atoms. The number of anilines is 2. The van der Waals surface area contributed by atoms with Crippen LogP contribution >= 0.6 is 0 Å². The summed E-state index contributed by atoms with van der Waals surface area (Å²) < 4.78 is 5.49. The molecule has 6 heteroatoms. The molecule has 1 fully saturated rings. The second-order valence-corrected chi connectivity index (χ2v) is 9.37. The molecule has 0 aliphatic heterocycles. The van der Waals surface area contributed by atoms with Gasteiger partial charge in [-0.2, -0.15) is 4.98 Å². The molecule has 0 saturated heterocycles. The van der Waals surface area contributed by atoms with Crippen LogP contribution in [0.15, 0.2) is 53.1 Å². The highest BCUT2D eigenvalue weighted by Crippen LogP contribution is 2.36. The van der Waals surface area contributed by atoms with E-state index in [0.717, 1.165) is 29.8 Å². The lowest BCUT2D eigenvalue weighted by Crippen LogP contribution is -2.20. The van der Waals surface area contributed by atoms with Crippen molar-refractivity contribution >= 4 is 17.3 Å². The molecule has 2 N–H and O–H groups in total. The third-order valence-electron chi connectivity index (χ3n) is 6.05. The summed E-state index contributed by atoms with van der Waals surface area (Å²) in [6.45, 7) is 6.62. The van der Waals surface area contributed by atoms with Gasteiger partial charge in [0.1, 0.15) is 0 Å². The Kier molecular flexibility index (Phi) is 5.81. The Labute approximate surface area is 182 Å². The normalized spacial score (nSPS) is 19.2. The highest BCUT2D eigenvalue weighted by molar-refractivity contribution is 5.70. The van der Waals surface area contributed by atoms with Crippen LogP contribution in [0.5, 0.6) is 0 Å². The molecule has 0 atom stereocenters. The highest BCUT2D eigenvalue weighted by atomic mass is 16.5. The summed E-state index contributed by atoms with van der Waals surface area (Å²) in [5.41, 5.74) is 4.36. The van der Waals surface area contributed by atoms with Gasteiger partial charge in [-0.25, -0.2) is 0 Å². The Morgan fingerprint density at radius 3 is 2.10 bits per heavy atom. The Balaban J connectivity index is 1.39. The molecule has 0 unspecified atom stereocenters. The number of hydrogen-bond donors (Lipinski definition) is 2. The van der Waals surface area contributed by atoms with Crippen molar-refractivity contribution in [2.45, 2.75) is 57.8 Å². The minimum atomic E-state index is -0.705. The predicted molar refractivity (Wildman–Crippen MR) is 120 cm³/mol. The fourth-order valence-electron chi connectivity index (χ4n) is 4.03. The minimum Gasteiger partial charge on any atom is -0.481 e. The van der Waals surface area contributed by atoms with E-state index >= 15 is 0 Å². The molecule has 0 amide bonds. The van der Waals surface area contributed by atoms with Crippen LogP contribution in [0.1, 0.15) is 63.8 Å². The fraction of sp³-hybridized carbons (Fsp3) is 0.400. The van der Waals surface area contributed by atoms with Crippen molar-refractivity contribution < 1.29 is 14.4 Å². The number of aromatic nitrogens is 2. The first-order valence-electron chi connectivity index (χ1n) is 10.8. The molecular weight excluding hydrogens is 390 g/mol. The third kappa shape index (κ3) is 4.95. The van der Waals surface area contributed by atoms with Gasteiger partial charge in [0, 0.05) is 22.9 Å². The predicted octanol–water partition coefficient (Wildman–Crippen LogP) is 6.14. The second kappa shape index (κ2) is 8.53. The lowest BCUT2D eigenvalue weighted by Gasteiger charge is -2.23. The van der Waals surface area contributed by atoms with Crippen LogP contribution in [-0.2, 0) is 10.2 Å². The van der Waals surface area contributed by atoms with Crippen LogP contribution in [0.25, 0.3) is 11.4 Å². The van der Waals surface area contributed by atoms with Crippen LogP contribution in [0.2, 0.25) is 0 Å². The first-order chi connectivity index (χ1) is 14.8. The summed E-state index contributed by atoms with van der Waals surface area (Å²) in [5.74, 6) is 0.372. The van der Waals surface area contributed by atoms with E-state index in [1.54, 1.807) is 0 Å². The number of aliphatic carboxylic acids is 1. The zero-order chi connectivity index (χ0) is 22.0. The summed E-state index contributed by atoms with van der Waals surface area (Å²) >= 11 is 0. The number of hydrogen-bond acceptors (Lipinski definition) is 5. The van der Waals surface area contributed by atoms with Gasteiger partial charge in [-0.05, 0) is 73.1 Å². The van der Waals surface area contributed by atoms with Gasteiger partial charge in [0.2, 0.25) is 11.7 Å². The molecule has 6 nitrogen and oxygen atoms in total. The van der Waals surface area contributed by atoms with Crippen molar-refractivity contribution in [3.05, 3.63) is 60.0 Å². The SMILES string of the molecule is CC(C)(C)c1ccc(Nc2ccc(-c3noc(C4CCC(C(=O)O)CC4)n3)cc2)cc1. The van der Waals surface area contributed by atoms with Gasteiger partial charge in [-0.3, -0.25) is 4.79 Å². The molecule has 1 aromatic heterocycles. The first-order valence-corrected chi connectivity index (χ1v) is 10.8. The van der Waals surface area contributed by atoms with Gasteiger partial charge in [0.05, 0.1) is 5.92 Å². The molecule has 162 valence electrons. The van der Waals surface area contributed by atoms with Crippen LogP contribution < -0.4 is 5.32 Å². The summed E-state index contributed by atoms with van der Waals surface area (Å²) in [4.78, 5) is 15.7.